The van der Waals surface area contributed by atoms with Gasteiger partial charge in [0.15, 0.2) is 0 Å². The number of methoxy groups -OCH3 is 2. The number of hydrogen-bond donors (Lipinski definition) is 1. The molecular weight excluding hydrogens is 824 g/mol. The van der Waals surface area contributed by atoms with E-state index < -0.39 is 20.2 Å². The maximum atomic E-state index is 9.08. The quantitative estimate of drug-likeness (QED) is 0.0833. The summed E-state index contributed by atoms with van der Waals surface area (Å²) in [4.78, 5) is 0. The minimum Gasteiger partial charge on any atom is -0.748 e. The van der Waals surface area contributed by atoms with Crippen LogP contribution in [-0.2, 0) is 40.7 Å². The Bertz CT molecular complexity index is 1800. The molecule has 2 saturated carbocycles. The van der Waals surface area contributed by atoms with Gasteiger partial charge in [0.2, 0.25) is 0 Å². The molecule has 0 radical (unpaired) electrons. The van der Waals surface area contributed by atoms with E-state index in [9.17, 15) is 0 Å². The first kappa shape index (κ1) is 46.3. The maximum absolute atomic E-state index is 9.08. The molecular formula is C40H52NO8PPdS2. The molecule has 9 nitrogen and oxygen atoms in total. The van der Waals surface area contributed by atoms with Crippen molar-refractivity contribution in [3.8, 4) is 33.8 Å². The monoisotopic (exact) mass is 875 g/mol. The molecule has 0 amide bonds. The first-order valence-electron chi connectivity index (χ1n) is 17.5. The fraction of sp³-hybridized carbons (Fsp3) is 0.400. The van der Waals surface area contributed by atoms with Gasteiger partial charge >= 0.3 is 20.4 Å². The molecule has 0 aromatic heterocycles. The smallest absolute Gasteiger partial charge is 0.748 e. The van der Waals surface area contributed by atoms with E-state index in [4.69, 9.17) is 41.1 Å². The van der Waals surface area contributed by atoms with E-state index in [-0.39, 0.29) is 28.3 Å². The first-order valence-corrected chi connectivity index (χ1v) is 22.6. The molecule has 2 aliphatic carbocycles. The Morgan fingerprint density at radius 1 is 0.585 bits per heavy atom. The normalized spacial score (nSPS) is 14.8. The van der Waals surface area contributed by atoms with E-state index in [1.165, 1.54) is 75.3 Å². The molecule has 0 heterocycles. The number of benzene rings is 4. The van der Waals surface area contributed by atoms with Crippen LogP contribution in [0, 0.1) is 0 Å². The predicted molar refractivity (Wildman–Crippen MR) is 213 cm³/mol. The summed E-state index contributed by atoms with van der Waals surface area (Å²) in [5.41, 5.74) is 13.2. The largest absolute Gasteiger partial charge is 2.00 e. The second-order valence-electron chi connectivity index (χ2n) is 12.9. The Morgan fingerprint density at radius 3 is 1.42 bits per heavy atom. The van der Waals surface area contributed by atoms with Crippen LogP contribution >= 0.6 is 7.92 Å². The van der Waals surface area contributed by atoms with Gasteiger partial charge < -0.3 is 24.3 Å². The first-order chi connectivity index (χ1) is 24.7. The molecule has 4 aromatic rings. The SMILES string of the molecule is COc1cccc(OC)c1-c1ccccc1P(C1CCCCC1)C1CCCCC1.CS(=O)(=O)[O-].CS(=O)(=O)[O-].Nc1ccccc1-c1ccccc1.[Pd+2]. The number of hydrogen-bond acceptors (Lipinski definition) is 9. The van der Waals surface area contributed by atoms with Gasteiger partial charge in [-0.25, -0.2) is 16.8 Å². The van der Waals surface area contributed by atoms with Crippen molar-refractivity contribution < 1.29 is 55.8 Å². The van der Waals surface area contributed by atoms with E-state index >= 15 is 0 Å². The van der Waals surface area contributed by atoms with E-state index in [0.29, 0.717) is 12.5 Å². The van der Waals surface area contributed by atoms with Gasteiger partial charge in [-0.05, 0) is 71.6 Å². The van der Waals surface area contributed by atoms with Crippen molar-refractivity contribution in [3.63, 3.8) is 0 Å². The van der Waals surface area contributed by atoms with Crippen LogP contribution in [0.3, 0.4) is 0 Å². The molecule has 0 atom stereocenters. The van der Waals surface area contributed by atoms with Crippen LogP contribution in [0.4, 0.5) is 5.69 Å². The molecule has 292 valence electrons. The molecule has 2 N–H and O–H groups in total. The van der Waals surface area contributed by atoms with E-state index in [1.54, 1.807) is 19.5 Å². The van der Waals surface area contributed by atoms with Crippen molar-refractivity contribution in [2.24, 2.45) is 0 Å². The predicted octanol–water partition coefficient (Wildman–Crippen LogP) is 8.40. The second kappa shape index (κ2) is 23.2. The number of para-hydroxylation sites is 1. The maximum Gasteiger partial charge on any atom is 2.00 e. The van der Waals surface area contributed by atoms with Crippen LogP contribution in [0.15, 0.2) is 97.1 Å². The molecule has 0 bridgehead atoms. The molecule has 0 unspecified atom stereocenters. The molecule has 53 heavy (non-hydrogen) atoms. The summed E-state index contributed by atoms with van der Waals surface area (Å²) < 4.78 is 66.0. The van der Waals surface area contributed by atoms with Crippen molar-refractivity contribution in [2.75, 3.05) is 32.5 Å². The molecule has 0 spiro atoms. The van der Waals surface area contributed by atoms with Crippen LogP contribution < -0.4 is 20.5 Å². The Morgan fingerprint density at radius 2 is 0.981 bits per heavy atom. The number of nitrogens with two attached hydrogens (primary N) is 1. The summed E-state index contributed by atoms with van der Waals surface area (Å²) in [5.74, 6) is 1.83. The third-order valence-electron chi connectivity index (χ3n) is 8.86. The minimum atomic E-state index is -3.92. The molecule has 13 heteroatoms. The van der Waals surface area contributed by atoms with Crippen molar-refractivity contribution in [1.82, 2.24) is 0 Å². The van der Waals surface area contributed by atoms with Gasteiger partial charge in [0, 0.05) is 23.8 Å². The van der Waals surface area contributed by atoms with Gasteiger partial charge in [0.1, 0.15) is 11.5 Å². The van der Waals surface area contributed by atoms with Gasteiger partial charge in [-0.15, -0.1) is 0 Å². The summed E-state index contributed by atoms with van der Waals surface area (Å²) in [7, 11) is -4.48. The van der Waals surface area contributed by atoms with Gasteiger partial charge in [0.25, 0.3) is 0 Å². The van der Waals surface area contributed by atoms with Crippen LogP contribution in [-0.4, -0.2) is 64.0 Å². The fourth-order valence-electron chi connectivity index (χ4n) is 6.81. The van der Waals surface area contributed by atoms with Crippen molar-refractivity contribution in [2.45, 2.75) is 75.5 Å². The van der Waals surface area contributed by atoms with Gasteiger partial charge in [-0.1, -0.05) is 125 Å². The Hall–Kier alpha value is -2.81. The van der Waals surface area contributed by atoms with Crippen LogP contribution in [0.2, 0.25) is 0 Å². The average Bonchev–Trinajstić information content (AvgIpc) is 3.12. The van der Waals surface area contributed by atoms with Crippen molar-refractivity contribution in [1.29, 1.82) is 0 Å². The van der Waals surface area contributed by atoms with Gasteiger partial charge in [-0.2, -0.15) is 0 Å². The van der Waals surface area contributed by atoms with Crippen LogP contribution in [0.1, 0.15) is 64.2 Å². The second-order valence-corrected chi connectivity index (χ2v) is 18.5. The molecule has 0 saturated heterocycles. The molecule has 6 rings (SSSR count). The summed E-state index contributed by atoms with van der Waals surface area (Å²) in [6.07, 6.45) is 15.4. The van der Waals surface area contributed by atoms with E-state index in [1.807, 2.05) is 48.5 Å². The summed E-state index contributed by atoms with van der Waals surface area (Å²) in [5, 5.41) is 1.59. The zero-order chi connectivity index (χ0) is 38.1. The van der Waals surface area contributed by atoms with Crippen molar-refractivity contribution >= 4 is 39.1 Å². The topological polar surface area (TPSA) is 159 Å². The number of anilines is 1. The minimum absolute atomic E-state index is 0. The molecule has 2 aliphatic rings. The Balaban J connectivity index is 0.000000333. The third kappa shape index (κ3) is 16.6. The zero-order valence-electron chi connectivity index (χ0n) is 30.9. The van der Waals surface area contributed by atoms with Crippen LogP contribution in [0.5, 0.6) is 11.5 Å². The third-order valence-corrected chi connectivity index (χ3v) is 12.4. The van der Waals surface area contributed by atoms with Gasteiger partial charge in [0.05, 0.1) is 40.0 Å². The van der Waals surface area contributed by atoms with Crippen molar-refractivity contribution in [3.05, 3.63) is 97.1 Å². The molecule has 4 aromatic carbocycles. The zero-order valence-corrected chi connectivity index (χ0v) is 35.0. The standard InChI is InChI=1S/C26H35O2P.C12H11N.2CH4O3S.Pd/c1-27-23-17-11-18-24(28-2)26(23)22-16-9-10-19-25(22)29(20-12-5-3-6-13-20)21-14-7-4-8-15-21;13-12-9-5-4-8-11(12)10-6-2-1-3-7-10;2*1-5(2,3)4;/h9-11,16-21H,3-8,12-15H2,1-2H3;1-9H,13H2;2*1H3,(H,2,3,4);/q;;;;+2/p-2. The number of ether oxygens (including phenoxy) is 2. The fourth-order valence-corrected chi connectivity index (χ4v) is 10.8. The Labute approximate surface area is 332 Å². The molecule has 2 fully saturated rings. The summed E-state index contributed by atoms with van der Waals surface area (Å²) in [6.45, 7) is 0. The van der Waals surface area contributed by atoms with Gasteiger partial charge in [-0.3, -0.25) is 0 Å². The average molecular weight is 876 g/mol. The molecule has 0 aliphatic heterocycles. The number of nitrogen functional groups attached to an aromatic ring is 1. The van der Waals surface area contributed by atoms with E-state index in [2.05, 4.69) is 48.5 Å². The summed E-state index contributed by atoms with van der Waals surface area (Å²) >= 11 is 0. The summed E-state index contributed by atoms with van der Waals surface area (Å²) in [6, 6.07) is 33.4. The van der Waals surface area contributed by atoms with Crippen LogP contribution in [0.25, 0.3) is 22.3 Å². The number of rotatable bonds is 7. The Kier molecular flexibility index (Phi) is 20.3. The van der Waals surface area contributed by atoms with E-state index in [0.717, 1.165) is 39.6 Å².